The molecule has 4 nitrogen and oxygen atoms in total. The lowest BCUT2D eigenvalue weighted by Crippen LogP contribution is -2.41. The molecule has 1 aromatic carbocycles. The number of halogens is 1. The molecule has 0 saturated carbocycles. The summed E-state index contributed by atoms with van der Waals surface area (Å²) in [4.78, 5) is 14.2. The Labute approximate surface area is 121 Å². The van der Waals surface area contributed by atoms with Crippen molar-refractivity contribution in [3.63, 3.8) is 0 Å². The van der Waals surface area contributed by atoms with Crippen molar-refractivity contribution in [2.45, 2.75) is 18.9 Å². The first-order valence-corrected chi connectivity index (χ1v) is 7.27. The summed E-state index contributed by atoms with van der Waals surface area (Å²) in [5.74, 6) is 0.0712. The van der Waals surface area contributed by atoms with E-state index in [9.17, 15) is 4.79 Å². The zero-order valence-corrected chi connectivity index (χ0v) is 12.3. The third-order valence-electron chi connectivity index (χ3n) is 3.25. The summed E-state index contributed by atoms with van der Waals surface area (Å²) >= 11 is 3.38. The second kappa shape index (κ2) is 7.03. The number of likely N-dealkylation sites (tertiary alicyclic amines) is 1. The molecule has 1 heterocycles. The highest BCUT2D eigenvalue weighted by atomic mass is 79.9. The second-order valence-corrected chi connectivity index (χ2v) is 5.51. The number of aliphatic hydroxyl groups excluding tert-OH is 1. The number of carbonyl (C=O) groups is 1. The third kappa shape index (κ3) is 4.03. The summed E-state index contributed by atoms with van der Waals surface area (Å²) < 4.78 is 6.41. The van der Waals surface area contributed by atoms with Gasteiger partial charge in [-0.25, -0.2) is 0 Å². The Morgan fingerprint density at radius 2 is 2.16 bits per heavy atom. The van der Waals surface area contributed by atoms with Gasteiger partial charge >= 0.3 is 0 Å². The van der Waals surface area contributed by atoms with Gasteiger partial charge in [-0.05, 0) is 31.0 Å². The first-order chi connectivity index (χ1) is 9.20. The van der Waals surface area contributed by atoms with Crippen LogP contribution in [0.25, 0.3) is 0 Å². The van der Waals surface area contributed by atoms with Crippen molar-refractivity contribution < 1.29 is 14.6 Å². The topological polar surface area (TPSA) is 49.8 Å². The number of aliphatic hydroxyl groups is 1. The Bertz CT molecular complexity index is 430. The molecule has 1 aliphatic heterocycles. The Kier molecular flexibility index (Phi) is 5.36. The number of ether oxygens (including phenoxy) is 1. The van der Waals surface area contributed by atoms with E-state index in [1.54, 1.807) is 0 Å². The van der Waals surface area contributed by atoms with E-state index in [2.05, 4.69) is 15.9 Å². The molecule has 19 heavy (non-hydrogen) atoms. The summed E-state index contributed by atoms with van der Waals surface area (Å²) in [5, 5.41) is 8.72. The Morgan fingerprint density at radius 1 is 1.42 bits per heavy atom. The largest absolute Gasteiger partial charge is 0.394 e. The van der Waals surface area contributed by atoms with Gasteiger partial charge in [0.1, 0.15) is 0 Å². The van der Waals surface area contributed by atoms with Crippen molar-refractivity contribution in [3.8, 4) is 0 Å². The van der Waals surface area contributed by atoms with Gasteiger partial charge < -0.3 is 14.7 Å². The Morgan fingerprint density at radius 3 is 2.79 bits per heavy atom. The van der Waals surface area contributed by atoms with Gasteiger partial charge in [-0.2, -0.15) is 0 Å². The minimum Gasteiger partial charge on any atom is -0.394 e. The van der Waals surface area contributed by atoms with Crippen LogP contribution in [0.15, 0.2) is 28.7 Å². The second-order valence-electron chi connectivity index (χ2n) is 4.60. The molecular formula is C14H18BrNO3. The maximum absolute atomic E-state index is 12.3. The van der Waals surface area contributed by atoms with E-state index < -0.39 is 0 Å². The molecule has 0 atom stereocenters. The minimum absolute atomic E-state index is 0.0528. The predicted molar refractivity (Wildman–Crippen MR) is 76.1 cm³/mol. The fraction of sp³-hybridized carbons (Fsp3) is 0.500. The Balaban J connectivity index is 1.89. The molecule has 0 spiro atoms. The zero-order chi connectivity index (χ0) is 13.7. The van der Waals surface area contributed by atoms with Crippen molar-refractivity contribution >= 4 is 21.8 Å². The summed E-state index contributed by atoms with van der Waals surface area (Å²) in [6.07, 6.45) is 1.83. The molecule has 1 fully saturated rings. The van der Waals surface area contributed by atoms with Crippen LogP contribution in [0, 0.1) is 0 Å². The number of carbonyl (C=O) groups excluding carboxylic acids is 1. The van der Waals surface area contributed by atoms with E-state index in [1.165, 1.54) is 0 Å². The normalized spacial score (nSPS) is 16.6. The van der Waals surface area contributed by atoms with Gasteiger partial charge in [-0.3, -0.25) is 4.79 Å². The monoisotopic (exact) mass is 327 g/mol. The fourth-order valence-corrected chi connectivity index (χ4v) is 2.65. The van der Waals surface area contributed by atoms with E-state index in [-0.39, 0.29) is 18.6 Å². The first kappa shape index (κ1) is 14.5. The third-order valence-corrected chi connectivity index (χ3v) is 3.74. The number of amides is 1. The summed E-state index contributed by atoms with van der Waals surface area (Å²) in [5.41, 5.74) is 0.712. The van der Waals surface area contributed by atoms with Crippen molar-refractivity contribution in [1.82, 2.24) is 4.90 Å². The van der Waals surface area contributed by atoms with E-state index >= 15 is 0 Å². The van der Waals surface area contributed by atoms with Gasteiger partial charge in [0, 0.05) is 23.1 Å². The van der Waals surface area contributed by atoms with Crippen LogP contribution in [-0.4, -0.2) is 48.3 Å². The van der Waals surface area contributed by atoms with Crippen LogP contribution < -0.4 is 0 Å². The first-order valence-electron chi connectivity index (χ1n) is 6.48. The lowest BCUT2D eigenvalue weighted by molar-refractivity contribution is -0.00554. The molecule has 0 unspecified atom stereocenters. The molecule has 0 bridgehead atoms. The number of piperidine rings is 1. The molecule has 1 aromatic rings. The van der Waals surface area contributed by atoms with Gasteiger partial charge in [-0.15, -0.1) is 0 Å². The van der Waals surface area contributed by atoms with E-state index in [1.807, 2.05) is 29.2 Å². The van der Waals surface area contributed by atoms with Crippen LogP contribution >= 0.6 is 15.9 Å². The van der Waals surface area contributed by atoms with Crippen molar-refractivity contribution in [2.75, 3.05) is 26.3 Å². The molecular weight excluding hydrogens is 310 g/mol. The van der Waals surface area contributed by atoms with Crippen LogP contribution in [-0.2, 0) is 4.74 Å². The summed E-state index contributed by atoms with van der Waals surface area (Å²) in [6.45, 7) is 1.85. The average Bonchev–Trinajstić information content (AvgIpc) is 2.45. The van der Waals surface area contributed by atoms with Crippen molar-refractivity contribution in [1.29, 1.82) is 0 Å². The lowest BCUT2D eigenvalue weighted by Gasteiger charge is -2.32. The highest BCUT2D eigenvalue weighted by molar-refractivity contribution is 9.10. The fourth-order valence-electron chi connectivity index (χ4n) is 2.25. The smallest absolute Gasteiger partial charge is 0.253 e. The summed E-state index contributed by atoms with van der Waals surface area (Å²) in [6, 6.07) is 7.46. The molecule has 0 aliphatic carbocycles. The zero-order valence-electron chi connectivity index (χ0n) is 10.7. The lowest BCUT2D eigenvalue weighted by atomic mass is 10.1. The van der Waals surface area contributed by atoms with Crippen molar-refractivity contribution in [3.05, 3.63) is 34.3 Å². The summed E-state index contributed by atoms with van der Waals surface area (Å²) in [7, 11) is 0. The maximum atomic E-state index is 12.3. The molecule has 2 rings (SSSR count). The molecule has 0 aromatic heterocycles. The van der Waals surface area contributed by atoms with Crippen LogP contribution in [0.3, 0.4) is 0 Å². The van der Waals surface area contributed by atoms with Crippen molar-refractivity contribution in [2.24, 2.45) is 0 Å². The molecule has 1 N–H and O–H groups in total. The number of hydrogen-bond acceptors (Lipinski definition) is 3. The van der Waals surface area contributed by atoms with Crippen LogP contribution in [0.1, 0.15) is 23.2 Å². The van der Waals surface area contributed by atoms with Gasteiger partial charge in [0.15, 0.2) is 0 Å². The Hall–Kier alpha value is -0.910. The van der Waals surface area contributed by atoms with Crippen LogP contribution in [0.4, 0.5) is 0 Å². The minimum atomic E-state index is 0.0528. The standard InChI is InChI=1S/C14H18BrNO3/c15-12-3-1-2-11(10-12)14(18)16-6-4-13(5-7-16)19-9-8-17/h1-3,10,13,17H,4-9H2. The quantitative estimate of drug-likeness (QED) is 0.920. The van der Waals surface area contributed by atoms with Gasteiger partial charge in [0.2, 0.25) is 0 Å². The molecule has 5 heteroatoms. The van der Waals surface area contributed by atoms with E-state index in [4.69, 9.17) is 9.84 Å². The van der Waals surface area contributed by atoms with E-state index in [0.29, 0.717) is 25.3 Å². The SMILES string of the molecule is O=C(c1cccc(Br)c1)N1CCC(OCCO)CC1. The van der Waals surface area contributed by atoms with E-state index in [0.717, 1.165) is 17.3 Å². The molecule has 104 valence electrons. The van der Waals surface area contributed by atoms with Gasteiger partial charge in [-0.1, -0.05) is 22.0 Å². The van der Waals surface area contributed by atoms with Gasteiger partial charge in [0.05, 0.1) is 19.3 Å². The number of benzene rings is 1. The molecule has 1 saturated heterocycles. The van der Waals surface area contributed by atoms with Crippen LogP contribution in [0.5, 0.6) is 0 Å². The number of hydrogen-bond donors (Lipinski definition) is 1. The number of rotatable bonds is 4. The molecule has 0 radical (unpaired) electrons. The molecule has 1 amide bonds. The number of nitrogens with zero attached hydrogens (tertiary/aromatic N) is 1. The maximum Gasteiger partial charge on any atom is 0.253 e. The highest BCUT2D eigenvalue weighted by Gasteiger charge is 2.23. The predicted octanol–water partition coefficient (Wildman–Crippen LogP) is 2.06. The average molecular weight is 328 g/mol. The highest BCUT2D eigenvalue weighted by Crippen LogP contribution is 2.18. The van der Waals surface area contributed by atoms with Gasteiger partial charge in [0.25, 0.3) is 5.91 Å². The molecule has 1 aliphatic rings. The van der Waals surface area contributed by atoms with Crippen LogP contribution in [0.2, 0.25) is 0 Å².